The van der Waals surface area contributed by atoms with E-state index in [0.29, 0.717) is 11.8 Å². The van der Waals surface area contributed by atoms with Gasteiger partial charge in [0.05, 0.1) is 13.2 Å². The molecule has 0 fully saturated rings. The molecule has 2 aromatic rings. The quantitative estimate of drug-likeness (QED) is 0.932. The van der Waals surface area contributed by atoms with Gasteiger partial charge in [-0.3, -0.25) is 0 Å². The third kappa shape index (κ3) is 3.15. The third-order valence-electron chi connectivity index (χ3n) is 4.06. The first-order chi connectivity index (χ1) is 10.3. The molecule has 1 atom stereocenters. The highest BCUT2D eigenvalue weighted by atomic mass is 16.5. The molecule has 0 spiro atoms. The zero-order chi connectivity index (χ0) is 14.7. The zero-order valence-corrected chi connectivity index (χ0v) is 12.6. The summed E-state index contributed by atoms with van der Waals surface area (Å²) in [5.74, 6) is 1.17. The number of benzene rings is 1. The third-order valence-corrected chi connectivity index (χ3v) is 4.06. The predicted molar refractivity (Wildman–Crippen MR) is 83.7 cm³/mol. The Hall–Kier alpha value is -2.10. The summed E-state index contributed by atoms with van der Waals surface area (Å²) < 4.78 is 5.13. The lowest BCUT2D eigenvalue weighted by molar-refractivity contribution is 0.397. The summed E-state index contributed by atoms with van der Waals surface area (Å²) in [4.78, 5) is 8.54. The number of nitrogens with zero attached hydrogens (tertiary/aromatic N) is 2. The molecule has 1 aliphatic carbocycles. The summed E-state index contributed by atoms with van der Waals surface area (Å²) in [7, 11) is 1.61. The van der Waals surface area contributed by atoms with Gasteiger partial charge in [0, 0.05) is 12.3 Å². The maximum atomic E-state index is 5.13. The van der Waals surface area contributed by atoms with E-state index >= 15 is 0 Å². The predicted octanol–water partition coefficient (Wildman–Crippen LogP) is 3.54. The van der Waals surface area contributed by atoms with Gasteiger partial charge in [0.25, 0.3) is 0 Å². The summed E-state index contributed by atoms with van der Waals surface area (Å²) in [5, 5.41) is 3.34. The molecular weight excluding hydrogens is 262 g/mol. The summed E-state index contributed by atoms with van der Waals surface area (Å²) >= 11 is 0. The second-order valence-electron chi connectivity index (χ2n) is 5.52. The molecule has 3 rings (SSSR count). The van der Waals surface area contributed by atoms with Crippen molar-refractivity contribution in [2.45, 2.75) is 38.6 Å². The Kier molecular flexibility index (Phi) is 4.04. The smallest absolute Gasteiger partial charge is 0.226 e. The minimum Gasteiger partial charge on any atom is -0.481 e. The lowest BCUT2D eigenvalue weighted by Crippen LogP contribution is -2.11. The van der Waals surface area contributed by atoms with Gasteiger partial charge in [0.15, 0.2) is 0 Å². The molecule has 0 saturated carbocycles. The number of anilines is 1. The van der Waals surface area contributed by atoms with Gasteiger partial charge in [-0.15, -0.1) is 0 Å². The number of rotatable bonds is 4. The van der Waals surface area contributed by atoms with Gasteiger partial charge in [0.1, 0.15) is 0 Å². The van der Waals surface area contributed by atoms with Gasteiger partial charge in [-0.25, -0.2) is 4.98 Å². The van der Waals surface area contributed by atoms with Gasteiger partial charge in [-0.05, 0) is 49.3 Å². The fraction of sp³-hybridized carbons (Fsp3) is 0.412. The topological polar surface area (TPSA) is 47.0 Å². The van der Waals surface area contributed by atoms with Gasteiger partial charge in [-0.1, -0.05) is 18.2 Å². The lowest BCUT2D eigenvalue weighted by Gasteiger charge is -2.20. The maximum absolute atomic E-state index is 5.13. The van der Waals surface area contributed by atoms with E-state index in [1.54, 1.807) is 19.4 Å². The van der Waals surface area contributed by atoms with Crippen molar-refractivity contribution in [3.63, 3.8) is 0 Å². The van der Waals surface area contributed by atoms with Gasteiger partial charge < -0.3 is 10.1 Å². The summed E-state index contributed by atoms with van der Waals surface area (Å²) in [6.07, 6.45) is 6.74. The average Bonchev–Trinajstić information content (AvgIpc) is 2.54. The van der Waals surface area contributed by atoms with Crippen LogP contribution in [0.1, 0.15) is 42.5 Å². The number of hydrogen-bond donors (Lipinski definition) is 1. The van der Waals surface area contributed by atoms with E-state index in [4.69, 9.17) is 4.74 Å². The van der Waals surface area contributed by atoms with Crippen LogP contribution in [0.15, 0.2) is 30.5 Å². The first-order valence-corrected chi connectivity index (χ1v) is 7.51. The van der Waals surface area contributed by atoms with E-state index in [1.807, 2.05) is 0 Å². The van der Waals surface area contributed by atoms with Crippen molar-refractivity contribution in [3.8, 4) is 5.88 Å². The Balaban J connectivity index is 1.76. The molecule has 1 aliphatic rings. The van der Waals surface area contributed by atoms with Crippen molar-refractivity contribution >= 4 is 5.95 Å². The monoisotopic (exact) mass is 283 g/mol. The first-order valence-electron chi connectivity index (χ1n) is 7.51. The minimum absolute atomic E-state index is 0.171. The molecular formula is C17H21N3O. The normalized spacial score (nSPS) is 15.1. The fourth-order valence-corrected chi connectivity index (χ4v) is 2.83. The number of hydrogen-bond acceptors (Lipinski definition) is 4. The Morgan fingerprint density at radius 2 is 1.95 bits per heavy atom. The molecule has 1 N–H and O–H groups in total. The largest absolute Gasteiger partial charge is 0.481 e. The van der Waals surface area contributed by atoms with Crippen LogP contribution in [0.4, 0.5) is 5.95 Å². The summed E-state index contributed by atoms with van der Waals surface area (Å²) in [6.45, 7) is 2.13. The molecule has 1 heterocycles. The average molecular weight is 283 g/mol. The van der Waals surface area contributed by atoms with Crippen LogP contribution >= 0.6 is 0 Å². The Morgan fingerprint density at radius 3 is 2.76 bits per heavy atom. The highest BCUT2D eigenvalue weighted by molar-refractivity contribution is 5.38. The van der Waals surface area contributed by atoms with Crippen LogP contribution in [0.2, 0.25) is 0 Å². The van der Waals surface area contributed by atoms with Crippen molar-refractivity contribution < 1.29 is 4.74 Å². The number of nitrogens with one attached hydrogen (secondary N) is 1. The van der Waals surface area contributed by atoms with E-state index in [0.717, 1.165) is 0 Å². The van der Waals surface area contributed by atoms with Crippen LogP contribution < -0.4 is 10.1 Å². The first kappa shape index (κ1) is 13.9. The van der Waals surface area contributed by atoms with Crippen molar-refractivity contribution in [2.75, 3.05) is 12.4 Å². The number of methoxy groups -OCH3 is 1. The van der Waals surface area contributed by atoms with Crippen LogP contribution in [-0.2, 0) is 12.8 Å². The highest BCUT2D eigenvalue weighted by Crippen LogP contribution is 2.26. The molecule has 0 radical (unpaired) electrons. The number of aromatic nitrogens is 2. The molecule has 4 nitrogen and oxygen atoms in total. The van der Waals surface area contributed by atoms with Gasteiger partial charge >= 0.3 is 0 Å². The van der Waals surface area contributed by atoms with Gasteiger partial charge in [-0.2, -0.15) is 4.98 Å². The van der Waals surface area contributed by atoms with Crippen molar-refractivity contribution in [2.24, 2.45) is 0 Å². The molecule has 1 aromatic carbocycles. The Bertz CT molecular complexity index is 627. The fourth-order valence-electron chi connectivity index (χ4n) is 2.83. The van der Waals surface area contributed by atoms with E-state index in [1.165, 1.54) is 42.4 Å². The molecule has 21 heavy (non-hydrogen) atoms. The summed E-state index contributed by atoms with van der Waals surface area (Å²) in [5.41, 5.74) is 4.29. The second-order valence-corrected chi connectivity index (χ2v) is 5.52. The molecule has 0 bridgehead atoms. The molecule has 0 aliphatic heterocycles. The van der Waals surface area contributed by atoms with Crippen molar-refractivity contribution in [1.82, 2.24) is 9.97 Å². The Labute approximate surface area is 125 Å². The van der Waals surface area contributed by atoms with E-state index in [-0.39, 0.29) is 6.04 Å². The Morgan fingerprint density at radius 1 is 1.14 bits per heavy atom. The van der Waals surface area contributed by atoms with Crippen LogP contribution in [0.25, 0.3) is 0 Å². The molecule has 0 unspecified atom stereocenters. The molecule has 4 heteroatoms. The van der Waals surface area contributed by atoms with E-state index in [9.17, 15) is 0 Å². The molecule has 110 valence electrons. The van der Waals surface area contributed by atoms with E-state index in [2.05, 4.69) is 40.4 Å². The van der Waals surface area contributed by atoms with Crippen LogP contribution in [-0.4, -0.2) is 17.1 Å². The number of ether oxygens (including phenoxy) is 1. The van der Waals surface area contributed by atoms with Gasteiger partial charge in [0.2, 0.25) is 11.8 Å². The zero-order valence-electron chi connectivity index (χ0n) is 12.6. The van der Waals surface area contributed by atoms with Crippen LogP contribution in [0, 0.1) is 0 Å². The van der Waals surface area contributed by atoms with E-state index < -0.39 is 0 Å². The number of aryl methyl sites for hydroxylation is 2. The van der Waals surface area contributed by atoms with Crippen LogP contribution in [0.5, 0.6) is 5.88 Å². The minimum atomic E-state index is 0.171. The van der Waals surface area contributed by atoms with Crippen molar-refractivity contribution in [1.29, 1.82) is 0 Å². The molecule has 0 amide bonds. The lowest BCUT2D eigenvalue weighted by atomic mass is 9.89. The van der Waals surface area contributed by atoms with Crippen molar-refractivity contribution in [3.05, 3.63) is 47.2 Å². The summed E-state index contributed by atoms with van der Waals surface area (Å²) in [6, 6.07) is 8.72. The maximum Gasteiger partial charge on any atom is 0.226 e. The SMILES string of the molecule is COc1ccnc(N[C@@H](C)c2ccc3c(c2)CCCC3)n1. The number of fused-ring (bicyclic) bond motifs is 1. The van der Waals surface area contributed by atoms with Crippen LogP contribution in [0.3, 0.4) is 0 Å². The highest BCUT2D eigenvalue weighted by Gasteiger charge is 2.13. The standard InChI is InChI=1S/C17H21N3O/c1-12(19-17-18-10-9-16(20-17)21-2)14-8-7-13-5-3-4-6-15(13)11-14/h7-12H,3-6H2,1-2H3,(H,18,19,20)/t12-/m0/s1. The molecule has 1 aromatic heterocycles. The molecule has 0 saturated heterocycles. The second kappa shape index (κ2) is 6.12.